The Hall–Kier alpha value is -3.00. The van der Waals surface area contributed by atoms with Gasteiger partial charge < -0.3 is 0 Å². The molecule has 1 aromatic carbocycles. The lowest BCUT2D eigenvalue weighted by Crippen LogP contribution is -2.60. The van der Waals surface area contributed by atoms with Crippen LogP contribution in [0.25, 0.3) is 11.3 Å². The highest BCUT2D eigenvalue weighted by Gasteiger charge is 2.44. The van der Waals surface area contributed by atoms with Crippen LogP contribution < -0.4 is 15.1 Å². The Kier molecular flexibility index (Phi) is 4.95. The van der Waals surface area contributed by atoms with Crippen LogP contribution in [0.15, 0.2) is 58.7 Å². The first-order chi connectivity index (χ1) is 13.6. The Labute approximate surface area is 166 Å². The molecule has 0 radical (unpaired) electrons. The number of nitrogens with one attached hydrogen (secondary N) is 1. The number of rotatable bonds is 4. The Morgan fingerprint density at radius 3 is 2.71 bits per heavy atom. The van der Waals surface area contributed by atoms with Gasteiger partial charge in [-0.1, -0.05) is 30.8 Å². The van der Waals surface area contributed by atoms with Crippen molar-refractivity contribution in [3.8, 4) is 11.3 Å². The molecule has 1 aliphatic rings. The lowest BCUT2D eigenvalue weighted by Gasteiger charge is -2.31. The van der Waals surface area contributed by atoms with E-state index < -0.39 is 6.17 Å². The van der Waals surface area contributed by atoms with Gasteiger partial charge in [-0.3, -0.25) is 19.6 Å². The van der Waals surface area contributed by atoms with Gasteiger partial charge in [0.15, 0.2) is 0 Å². The zero-order chi connectivity index (χ0) is 19.7. The maximum absolute atomic E-state index is 13.0. The highest BCUT2D eigenvalue weighted by Crippen LogP contribution is 2.36. The average Bonchev–Trinajstić information content (AvgIpc) is 2.71. The second-order valence-electron chi connectivity index (χ2n) is 6.46. The number of anilines is 1. The second kappa shape index (κ2) is 7.55. The van der Waals surface area contributed by atoms with E-state index in [0.29, 0.717) is 22.1 Å². The van der Waals surface area contributed by atoms with Crippen molar-refractivity contribution >= 4 is 23.4 Å². The van der Waals surface area contributed by atoms with Gasteiger partial charge in [-0.25, -0.2) is 4.90 Å². The molecular weight excluding hydrogens is 374 g/mol. The summed E-state index contributed by atoms with van der Waals surface area (Å²) in [7, 11) is 0. The molecule has 0 unspecified atom stereocenters. The molecule has 0 bridgehead atoms. The number of para-hydroxylation sites is 1. The average molecular weight is 394 g/mol. The lowest BCUT2D eigenvalue weighted by molar-refractivity contribution is -0.763. The molecule has 142 valence electrons. The number of hydrogen-bond donors (Lipinski definition) is 1. The Morgan fingerprint density at radius 1 is 1.25 bits per heavy atom. The quantitative estimate of drug-likeness (QED) is 0.543. The van der Waals surface area contributed by atoms with Gasteiger partial charge in [-0.2, -0.15) is 0 Å². The van der Waals surface area contributed by atoms with Gasteiger partial charge in [0, 0.05) is 35.7 Å². The van der Waals surface area contributed by atoms with E-state index in [2.05, 4.69) is 16.9 Å². The normalized spacial score (nSPS) is 15.1. The fourth-order valence-corrected chi connectivity index (χ4v) is 4.12. The molecule has 4 rings (SSSR count). The number of amides is 1. The number of aromatic nitrogens is 4. The topological polar surface area (TPSA) is 82.8 Å². The van der Waals surface area contributed by atoms with Gasteiger partial charge in [-0.15, -0.1) is 0 Å². The van der Waals surface area contributed by atoms with Gasteiger partial charge in [0.2, 0.25) is 11.1 Å². The zero-order valence-corrected chi connectivity index (χ0v) is 16.4. The van der Waals surface area contributed by atoms with E-state index in [-0.39, 0.29) is 11.5 Å². The molecule has 0 spiro atoms. The molecule has 2 aromatic heterocycles. The van der Waals surface area contributed by atoms with Crippen LogP contribution in [-0.2, 0) is 4.79 Å². The Bertz CT molecular complexity index is 1080. The maximum atomic E-state index is 13.0. The molecule has 7 nitrogen and oxygen atoms in total. The maximum Gasteiger partial charge on any atom is 0.325 e. The van der Waals surface area contributed by atoms with Crippen molar-refractivity contribution in [3.63, 3.8) is 0 Å². The van der Waals surface area contributed by atoms with E-state index >= 15 is 0 Å². The molecule has 1 N–H and O–H groups in total. The van der Waals surface area contributed by atoms with Crippen molar-refractivity contribution in [1.29, 1.82) is 0 Å². The summed E-state index contributed by atoms with van der Waals surface area (Å²) in [4.78, 5) is 34.3. The van der Waals surface area contributed by atoms with Crippen LogP contribution in [0.1, 0.15) is 32.0 Å². The molecule has 0 aliphatic carbocycles. The third kappa shape index (κ3) is 3.09. The molecule has 1 aliphatic heterocycles. The number of H-pyrrole nitrogens is 1. The van der Waals surface area contributed by atoms with Crippen molar-refractivity contribution in [1.82, 2.24) is 15.1 Å². The lowest BCUT2D eigenvalue weighted by atomic mass is 10.0. The van der Waals surface area contributed by atoms with E-state index in [1.165, 1.54) is 18.7 Å². The molecule has 0 fully saturated rings. The first kappa shape index (κ1) is 18.4. The first-order valence-corrected chi connectivity index (χ1v) is 10.1. The Morgan fingerprint density at radius 2 is 2.00 bits per heavy atom. The summed E-state index contributed by atoms with van der Waals surface area (Å²) in [6.45, 7) is 3.60. The highest BCUT2D eigenvalue weighted by atomic mass is 32.2. The predicted octanol–water partition coefficient (Wildman–Crippen LogP) is 2.53. The third-order valence-electron chi connectivity index (χ3n) is 4.54. The highest BCUT2D eigenvalue weighted by molar-refractivity contribution is 7.99. The summed E-state index contributed by atoms with van der Waals surface area (Å²) in [6.07, 6.45) is 3.75. The summed E-state index contributed by atoms with van der Waals surface area (Å²) in [5, 5.41) is 5.25. The zero-order valence-electron chi connectivity index (χ0n) is 15.6. The van der Waals surface area contributed by atoms with Crippen LogP contribution in [-0.4, -0.2) is 26.7 Å². The number of fused-ring (bicyclic) bond motifs is 3. The minimum atomic E-state index is -0.561. The fraction of sp³-hybridized carbons (Fsp3) is 0.250. The van der Waals surface area contributed by atoms with Gasteiger partial charge in [0.1, 0.15) is 0 Å². The molecule has 28 heavy (non-hydrogen) atoms. The van der Waals surface area contributed by atoms with Crippen LogP contribution in [0.4, 0.5) is 5.69 Å². The number of carbonyl (C=O) groups excluding carboxylic acids is 1. The van der Waals surface area contributed by atoms with E-state index in [1.54, 1.807) is 22.0 Å². The summed E-state index contributed by atoms with van der Waals surface area (Å²) in [5.74, 6) is 0.715. The van der Waals surface area contributed by atoms with E-state index in [4.69, 9.17) is 5.10 Å². The first-order valence-electron chi connectivity index (χ1n) is 9.10. The molecular formula is C20H20N5O2S+. The largest absolute Gasteiger partial charge is 0.325 e. The molecule has 0 saturated heterocycles. The van der Waals surface area contributed by atoms with Crippen LogP contribution in [0.2, 0.25) is 0 Å². The molecule has 1 amide bonds. The second-order valence-corrected chi connectivity index (χ2v) is 7.54. The van der Waals surface area contributed by atoms with Gasteiger partial charge in [-0.05, 0) is 35.4 Å². The number of hydrogen-bond acceptors (Lipinski definition) is 5. The van der Waals surface area contributed by atoms with Crippen LogP contribution in [0.5, 0.6) is 0 Å². The van der Waals surface area contributed by atoms with E-state index in [0.717, 1.165) is 17.7 Å². The number of aromatic amines is 1. The molecule has 8 heteroatoms. The van der Waals surface area contributed by atoms with Gasteiger partial charge >= 0.3 is 11.3 Å². The van der Waals surface area contributed by atoms with E-state index in [9.17, 15) is 9.59 Å². The summed E-state index contributed by atoms with van der Waals surface area (Å²) in [6, 6.07) is 11.1. The smallest absolute Gasteiger partial charge is 0.291 e. The molecule has 0 saturated carbocycles. The van der Waals surface area contributed by atoms with Gasteiger partial charge in [0.05, 0.1) is 11.3 Å². The molecule has 3 aromatic rings. The minimum Gasteiger partial charge on any atom is -0.291 e. The molecule has 3 heterocycles. The summed E-state index contributed by atoms with van der Waals surface area (Å²) >= 11 is 1.49. The number of pyridine rings is 1. The number of thioether (sulfide) groups is 1. The van der Waals surface area contributed by atoms with Crippen molar-refractivity contribution in [2.75, 3.05) is 10.7 Å². The number of nitrogens with zero attached hydrogens (tertiary/aromatic N) is 4. The van der Waals surface area contributed by atoms with Crippen molar-refractivity contribution in [2.24, 2.45) is 0 Å². The summed E-state index contributed by atoms with van der Waals surface area (Å²) in [5.41, 5.74) is 2.43. The third-order valence-corrected chi connectivity index (χ3v) is 5.61. The van der Waals surface area contributed by atoms with E-state index in [1.807, 2.05) is 36.4 Å². The fourth-order valence-electron chi connectivity index (χ4n) is 3.41. The van der Waals surface area contributed by atoms with Gasteiger partial charge in [0.25, 0.3) is 6.17 Å². The van der Waals surface area contributed by atoms with Crippen molar-refractivity contribution in [3.05, 3.63) is 64.7 Å². The van der Waals surface area contributed by atoms with Crippen LogP contribution in [0, 0.1) is 0 Å². The van der Waals surface area contributed by atoms with Crippen LogP contribution >= 0.6 is 11.8 Å². The van der Waals surface area contributed by atoms with Crippen LogP contribution in [0.3, 0.4) is 0 Å². The standard InChI is InChI=1S/C20H19N5O2S/c1-3-12-28-20-22-18(27)17-15-6-4-5-7-16(15)24(13(2)26)19(25(17)23-20)14-8-10-21-11-9-14/h4-11,19H,3,12H2,1-2H3/p+1/t19-/m1/s1. The summed E-state index contributed by atoms with van der Waals surface area (Å²) < 4.78 is 1.66. The molecule has 1 atom stereocenters. The predicted molar refractivity (Wildman–Crippen MR) is 107 cm³/mol. The SMILES string of the molecule is CCCSc1n[n+]2c(c(=O)[nH]1)-c1ccccc1N(C(C)=O)[C@H]2c1ccncc1. The number of carbonyl (C=O) groups is 1. The van der Waals surface area contributed by atoms with Crippen molar-refractivity contribution < 1.29 is 9.48 Å². The monoisotopic (exact) mass is 394 g/mol. The minimum absolute atomic E-state index is 0.128. The Balaban J connectivity index is 2.02. The number of benzene rings is 1. The van der Waals surface area contributed by atoms with Crippen molar-refractivity contribution in [2.45, 2.75) is 31.6 Å².